The van der Waals surface area contributed by atoms with Crippen molar-refractivity contribution in [2.45, 2.75) is 43.4 Å². The highest BCUT2D eigenvalue weighted by molar-refractivity contribution is 7.95. The van der Waals surface area contributed by atoms with Crippen molar-refractivity contribution in [2.24, 2.45) is 15.1 Å². The zero-order chi connectivity index (χ0) is 24.0. The summed E-state index contributed by atoms with van der Waals surface area (Å²) < 4.78 is 32.3. The number of aliphatic imine (C=N–C) groups is 1. The molecule has 2 aromatic rings. The van der Waals surface area contributed by atoms with Gasteiger partial charge in [-0.2, -0.15) is 5.26 Å². The minimum Gasteiger partial charge on any atom is -0.386 e. The molecule has 3 atom stereocenters. The van der Waals surface area contributed by atoms with Crippen molar-refractivity contribution in [3.8, 4) is 6.07 Å². The van der Waals surface area contributed by atoms with Gasteiger partial charge in [-0.05, 0) is 44.9 Å². The number of fused-ring (bicyclic) bond motifs is 1. The second-order valence-corrected chi connectivity index (χ2v) is 11.8. The standard InChI is InChI=1S/C22H22ClFN6O2S/c1-21(12-33(32)22(2,20(26)30-21)6-3-7-28-33)19-16(24)5-4-14(29-19)9-17(31)18-15(23)8-13(10-25)11-27-18/h4-5,8,11H,3,6-7,9,12H2,1-2H3,(H2,26,30)/t21-,22-,33-/m0/s1. The van der Waals surface area contributed by atoms with Gasteiger partial charge < -0.3 is 5.73 Å². The summed E-state index contributed by atoms with van der Waals surface area (Å²) in [7, 11) is -2.80. The average molecular weight is 489 g/mol. The van der Waals surface area contributed by atoms with Gasteiger partial charge in [-0.15, -0.1) is 0 Å². The third-order valence-corrected chi connectivity index (χ3v) is 9.85. The smallest absolute Gasteiger partial charge is 0.188 e. The Balaban J connectivity index is 1.70. The van der Waals surface area contributed by atoms with Gasteiger partial charge >= 0.3 is 0 Å². The second-order valence-electron chi connectivity index (χ2n) is 8.64. The Morgan fingerprint density at radius 2 is 2.15 bits per heavy atom. The van der Waals surface area contributed by atoms with Crippen molar-refractivity contribution in [3.63, 3.8) is 0 Å². The maximum Gasteiger partial charge on any atom is 0.188 e. The number of nitriles is 1. The van der Waals surface area contributed by atoms with E-state index in [-0.39, 0.29) is 45.7 Å². The summed E-state index contributed by atoms with van der Waals surface area (Å²) in [5, 5.41) is 8.98. The molecule has 0 aliphatic carbocycles. The van der Waals surface area contributed by atoms with Crippen LogP contribution in [0.25, 0.3) is 0 Å². The van der Waals surface area contributed by atoms with Gasteiger partial charge in [0, 0.05) is 18.4 Å². The van der Waals surface area contributed by atoms with Crippen LogP contribution in [0.1, 0.15) is 54.1 Å². The highest BCUT2D eigenvalue weighted by Gasteiger charge is 2.51. The normalized spacial score (nSPS) is 28.8. The summed E-state index contributed by atoms with van der Waals surface area (Å²) in [5.41, 5.74) is 5.43. The van der Waals surface area contributed by atoms with E-state index >= 15 is 0 Å². The molecule has 2 aromatic heterocycles. The van der Waals surface area contributed by atoms with E-state index in [1.54, 1.807) is 13.8 Å². The molecule has 2 aliphatic rings. The van der Waals surface area contributed by atoms with Crippen LogP contribution in [-0.2, 0) is 21.7 Å². The fourth-order valence-electron chi connectivity index (χ4n) is 4.26. The number of carbonyl (C=O) groups excluding carboxylic acids is 1. The van der Waals surface area contributed by atoms with Crippen molar-refractivity contribution >= 4 is 32.9 Å². The predicted octanol–water partition coefficient (Wildman–Crippen LogP) is 3.17. The highest BCUT2D eigenvalue weighted by Crippen LogP contribution is 2.42. The summed E-state index contributed by atoms with van der Waals surface area (Å²) in [4.78, 5) is 25.6. The van der Waals surface area contributed by atoms with Crippen LogP contribution in [0, 0.1) is 17.1 Å². The summed E-state index contributed by atoms with van der Waals surface area (Å²) >= 11 is 6.09. The van der Waals surface area contributed by atoms with E-state index in [9.17, 15) is 13.4 Å². The SMILES string of the molecule is C[C@@]12CCCN=[S@]1(=O)C[C@@](C)(c1nc(CC(=O)c3ncc(C#N)cc3Cl)ccc1F)N=C2N. The average Bonchev–Trinajstić information content (AvgIpc) is 2.76. The van der Waals surface area contributed by atoms with Gasteiger partial charge in [-0.3, -0.25) is 19.8 Å². The number of hydrogen-bond donors (Lipinski definition) is 1. The van der Waals surface area contributed by atoms with Gasteiger partial charge in [0.15, 0.2) is 5.78 Å². The fourth-order valence-corrected chi connectivity index (χ4v) is 7.45. The molecule has 0 fully saturated rings. The Morgan fingerprint density at radius 3 is 2.85 bits per heavy atom. The predicted molar refractivity (Wildman–Crippen MR) is 123 cm³/mol. The van der Waals surface area contributed by atoms with Crippen LogP contribution < -0.4 is 5.73 Å². The minimum absolute atomic E-state index is 0.00536. The van der Waals surface area contributed by atoms with Crippen LogP contribution in [0.2, 0.25) is 5.02 Å². The van der Waals surface area contributed by atoms with E-state index in [2.05, 4.69) is 19.3 Å². The first-order chi connectivity index (χ1) is 15.5. The summed E-state index contributed by atoms with van der Waals surface area (Å²) in [6.45, 7) is 3.89. The van der Waals surface area contributed by atoms with Gasteiger partial charge in [-0.1, -0.05) is 11.6 Å². The lowest BCUT2D eigenvalue weighted by Gasteiger charge is -2.43. The number of nitrogens with zero attached hydrogens (tertiary/aromatic N) is 5. The molecule has 0 spiro atoms. The van der Waals surface area contributed by atoms with Crippen molar-refractivity contribution in [1.29, 1.82) is 5.26 Å². The van der Waals surface area contributed by atoms with Crippen molar-refractivity contribution < 1.29 is 13.4 Å². The Labute approximate surface area is 196 Å². The molecule has 0 bridgehead atoms. The first kappa shape index (κ1) is 23.3. The zero-order valence-electron chi connectivity index (χ0n) is 18.1. The molecule has 0 saturated heterocycles. The molecule has 2 N–H and O–H groups in total. The Bertz CT molecular complexity index is 1360. The number of nitrogens with two attached hydrogens (primary N) is 1. The van der Waals surface area contributed by atoms with Crippen molar-refractivity contribution in [2.75, 3.05) is 12.3 Å². The topological polar surface area (TPSA) is 134 Å². The third kappa shape index (κ3) is 3.89. The number of Topliss-reactive ketones (excluding diaryl/α,β-unsaturated/α-hetero) is 1. The lowest BCUT2D eigenvalue weighted by Crippen LogP contribution is -2.57. The number of pyridine rings is 2. The van der Waals surface area contributed by atoms with Gasteiger partial charge in [0.05, 0.1) is 32.5 Å². The summed E-state index contributed by atoms with van der Waals surface area (Å²) in [6, 6.07) is 5.85. The van der Waals surface area contributed by atoms with Crippen LogP contribution >= 0.6 is 11.6 Å². The molecular formula is C22H22ClFN6O2S. The Hall–Kier alpha value is -2.90. The molecule has 11 heteroatoms. The molecule has 0 amide bonds. The minimum atomic E-state index is -2.80. The number of ketones is 1. The number of aromatic nitrogens is 2. The summed E-state index contributed by atoms with van der Waals surface area (Å²) in [6.07, 6.45) is 2.42. The largest absolute Gasteiger partial charge is 0.386 e. The molecule has 0 saturated carbocycles. The maximum absolute atomic E-state index is 14.9. The molecule has 2 aliphatic heterocycles. The molecule has 8 nitrogen and oxygen atoms in total. The van der Waals surface area contributed by atoms with Crippen molar-refractivity contribution in [3.05, 3.63) is 57.9 Å². The van der Waals surface area contributed by atoms with Gasteiger partial charge in [0.2, 0.25) is 0 Å². The highest BCUT2D eigenvalue weighted by atomic mass is 35.5. The monoisotopic (exact) mass is 488 g/mol. The van der Waals surface area contributed by atoms with E-state index in [1.807, 2.05) is 6.07 Å². The number of halogens is 2. The lowest BCUT2D eigenvalue weighted by atomic mass is 9.96. The van der Waals surface area contributed by atoms with Gasteiger partial charge in [0.25, 0.3) is 0 Å². The van der Waals surface area contributed by atoms with Crippen LogP contribution in [0.5, 0.6) is 0 Å². The third-order valence-electron chi connectivity index (χ3n) is 6.19. The van der Waals surface area contributed by atoms with Crippen LogP contribution in [0.3, 0.4) is 0 Å². The van der Waals surface area contributed by atoms with Gasteiger partial charge in [-0.25, -0.2) is 13.0 Å². The molecule has 33 heavy (non-hydrogen) atoms. The number of rotatable bonds is 4. The molecule has 4 heterocycles. The number of hydrogen-bond acceptors (Lipinski definition) is 8. The fraction of sp³-hybridized carbons (Fsp3) is 0.409. The maximum atomic E-state index is 14.9. The van der Waals surface area contributed by atoms with E-state index < -0.39 is 31.6 Å². The van der Waals surface area contributed by atoms with E-state index in [0.29, 0.717) is 13.0 Å². The summed E-state index contributed by atoms with van der Waals surface area (Å²) in [5.74, 6) is -0.906. The second kappa shape index (κ2) is 8.15. The first-order valence-corrected chi connectivity index (χ1v) is 12.4. The molecule has 0 aromatic carbocycles. The lowest BCUT2D eigenvalue weighted by molar-refractivity contribution is 0.0987. The molecule has 0 unspecified atom stereocenters. The van der Waals surface area contributed by atoms with E-state index in [0.717, 1.165) is 6.42 Å². The van der Waals surface area contributed by atoms with Crippen molar-refractivity contribution in [1.82, 2.24) is 9.97 Å². The van der Waals surface area contributed by atoms with E-state index in [1.165, 1.54) is 24.4 Å². The van der Waals surface area contributed by atoms with Gasteiger partial charge in [0.1, 0.15) is 39.4 Å². The number of carbonyl (C=O) groups is 1. The molecule has 172 valence electrons. The van der Waals surface area contributed by atoms with E-state index in [4.69, 9.17) is 22.6 Å². The quantitative estimate of drug-likeness (QED) is 0.656. The molecular weight excluding hydrogens is 467 g/mol. The Kier molecular flexibility index (Phi) is 5.75. The van der Waals surface area contributed by atoms with Crippen LogP contribution in [0.15, 0.2) is 33.8 Å². The van der Waals surface area contributed by atoms with Crippen LogP contribution in [-0.4, -0.2) is 42.8 Å². The Morgan fingerprint density at radius 1 is 1.39 bits per heavy atom. The van der Waals surface area contributed by atoms with Crippen LogP contribution in [0.4, 0.5) is 4.39 Å². The first-order valence-electron chi connectivity index (χ1n) is 10.3. The molecule has 4 rings (SSSR count). The number of amidine groups is 1. The molecule has 0 radical (unpaired) electrons. The zero-order valence-corrected chi connectivity index (χ0v) is 19.7.